The fourth-order valence-electron chi connectivity index (χ4n) is 7.64. The van der Waals surface area contributed by atoms with Gasteiger partial charge in [-0.15, -0.1) is 0 Å². The van der Waals surface area contributed by atoms with Gasteiger partial charge < -0.3 is 18.9 Å². The van der Waals surface area contributed by atoms with Crippen LogP contribution in [0.4, 0.5) is 0 Å². The highest BCUT2D eigenvalue weighted by Gasteiger charge is 2.26. The Morgan fingerprint density at radius 3 is 1.34 bits per heavy atom. The summed E-state index contributed by atoms with van der Waals surface area (Å²) in [4.78, 5) is 23.0. The Bertz CT molecular complexity index is 1050. The van der Waals surface area contributed by atoms with Crippen LogP contribution in [0.5, 0.6) is 0 Å². The summed E-state index contributed by atoms with van der Waals surface area (Å²) in [6.07, 6.45) is 55.1. The van der Waals surface area contributed by atoms with Crippen molar-refractivity contribution in [1.29, 1.82) is 0 Å². The third kappa shape index (κ3) is 50.0. The number of allylic oxidation sites excluding steroid dienone is 4. The van der Waals surface area contributed by atoms with Gasteiger partial charge in [-0.1, -0.05) is 224 Å². The summed E-state index contributed by atoms with van der Waals surface area (Å²) in [5, 5.41) is 0. The molecule has 1 N–H and O–H groups in total. The van der Waals surface area contributed by atoms with Crippen LogP contribution in [0, 0.1) is 0 Å². The van der Waals surface area contributed by atoms with E-state index in [4.69, 9.17) is 18.5 Å². The minimum atomic E-state index is -4.28. The summed E-state index contributed by atoms with van der Waals surface area (Å²) >= 11 is 0. The Morgan fingerprint density at radius 1 is 0.500 bits per heavy atom. The van der Waals surface area contributed by atoms with Gasteiger partial charge in [0.25, 0.3) is 0 Å². The molecule has 0 aliphatic heterocycles. The molecule has 0 rings (SSSR count). The largest absolute Gasteiger partial charge is 0.472 e. The van der Waals surface area contributed by atoms with Crippen LogP contribution in [-0.2, 0) is 27.9 Å². The molecule has 0 aliphatic carbocycles. The predicted molar refractivity (Wildman–Crippen MR) is 266 cm³/mol. The number of phosphoric ester groups is 1. The van der Waals surface area contributed by atoms with Crippen molar-refractivity contribution in [2.75, 3.05) is 54.1 Å². The Morgan fingerprint density at radius 2 is 0.887 bits per heavy atom. The van der Waals surface area contributed by atoms with Gasteiger partial charge in [-0.25, -0.2) is 4.57 Å². The van der Waals surface area contributed by atoms with E-state index >= 15 is 0 Å². The predicted octanol–water partition coefficient (Wildman–Crippen LogP) is 16.3. The molecule has 0 spiro atoms. The molecule has 2 atom stereocenters. The van der Waals surface area contributed by atoms with Crippen LogP contribution in [0.1, 0.15) is 251 Å². The van der Waals surface area contributed by atoms with E-state index in [0.717, 1.165) is 44.9 Å². The lowest BCUT2D eigenvalue weighted by Gasteiger charge is -2.24. The smallest absolute Gasteiger partial charge is 0.457 e. The molecule has 0 heterocycles. The summed E-state index contributed by atoms with van der Waals surface area (Å²) in [5.41, 5.74) is 0. The second kappa shape index (κ2) is 46.5. The number of phosphoric acid groups is 1. The van der Waals surface area contributed by atoms with Crippen LogP contribution in [0.25, 0.3) is 0 Å². The van der Waals surface area contributed by atoms with E-state index in [9.17, 15) is 14.3 Å². The Hall–Kier alpha value is -1.02. The van der Waals surface area contributed by atoms with Gasteiger partial charge >= 0.3 is 13.8 Å². The first-order valence-corrected chi connectivity index (χ1v) is 28.1. The highest BCUT2D eigenvalue weighted by Crippen LogP contribution is 2.43. The van der Waals surface area contributed by atoms with E-state index in [-0.39, 0.29) is 25.8 Å². The molecule has 2 unspecified atom stereocenters. The zero-order chi connectivity index (χ0) is 45.5. The van der Waals surface area contributed by atoms with Crippen molar-refractivity contribution in [2.45, 2.75) is 258 Å². The van der Waals surface area contributed by atoms with Crippen LogP contribution >= 0.6 is 7.82 Å². The molecule has 0 fully saturated rings. The average Bonchev–Trinajstić information content (AvgIpc) is 3.23. The monoisotopic (exact) mass is 899 g/mol. The molecule has 9 heteroatoms. The van der Waals surface area contributed by atoms with E-state index in [1.807, 2.05) is 21.1 Å². The molecular weight excluding hydrogens is 794 g/mol. The van der Waals surface area contributed by atoms with Crippen LogP contribution in [0.2, 0.25) is 0 Å². The Balaban J connectivity index is 4.07. The van der Waals surface area contributed by atoms with Crippen LogP contribution in [-0.4, -0.2) is 75.6 Å². The highest BCUT2D eigenvalue weighted by molar-refractivity contribution is 7.47. The second-order valence-electron chi connectivity index (χ2n) is 19.3. The van der Waals surface area contributed by atoms with Gasteiger partial charge in [-0.2, -0.15) is 0 Å². The molecule has 0 radical (unpaired) electrons. The zero-order valence-corrected chi connectivity index (χ0v) is 42.8. The molecule has 0 aromatic rings. The highest BCUT2D eigenvalue weighted by atomic mass is 31.2. The van der Waals surface area contributed by atoms with E-state index in [0.29, 0.717) is 24.1 Å². The molecule has 0 aromatic heterocycles. The third-order valence-electron chi connectivity index (χ3n) is 11.8. The fraction of sp³-hybridized carbons (Fsp3) is 0.906. The molecule has 0 amide bonds. The van der Waals surface area contributed by atoms with Crippen LogP contribution < -0.4 is 0 Å². The molecule has 0 bridgehead atoms. The Kier molecular flexibility index (Phi) is 45.7. The van der Waals surface area contributed by atoms with Crippen LogP contribution in [0.3, 0.4) is 0 Å². The van der Waals surface area contributed by atoms with Gasteiger partial charge in [0, 0.05) is 13.0 Å². The molecule has 0 aliphatic rings. The third-order valence-corrected chi connectivity index (χ3v) is 12.7. The first-order chi connectivity index (χ1) is 30.1. The van der Waals surface area contributed by atoms with Crippen molar-refractivity contribution < 1.29 is 37.3 Å². The number of esters is 1. The van der Waals surface area contributed by atoms with Crippen molar-refractivity contribution in [3.05, 3.63) is 24.3 Å². The van der Waals surface area contributed by atoms with Crippen LogP contribution in [0.15, 0.2) is 24.3 Å². The van der Waals surface area contributed by atoms with Gasteiger partial charge in [-0.3, -0.25) is 13.8 Å². The van der Waals surface area contributed by atoms with Gasteiger partial charge in [0.1, 0.15) is 19.3 Å². The molecule has 0 saturated carbocycles. The van der Waals surface area contributed by atoms with E-state index < -0.39 is 13.9 Å². The second-order valence-corrected chi connectivity index (χ2v) is 20.7. The lowest BCUT2D eigenvalue weighted by atomic mass is 10.0. The number of nitrogens with zero attached hydrogens (tertiary/aromatic N) is 1. The van der Waals surface area contributed by atoms with Crippen molar-refractivity contribution in [2.24, 2.45) is 0 Å². The number of carbonyl (C=O) groups excluding carboxylic acids is 1. The van der Waals surface area contributed by atoms with Crippen molar-refractivity contribution in [3.8, 4) is 0 Å². The van der Waals surface area contributed by atoms with Gasteiger partial charge in [0.15, 0.2) is 0 Å². The van der Waals surface area contributed by atoms with E-state index in [2.05, 4.69) is 38.2 Å². The van der Waals surface area contributed by atoms with E-state index in [1.165, 1.54) is 186 Å². The number of hydrogen-bond donors (Lipinski definition) is 1. The normalized spacial score (nSPS) is 13.7. The average molecular weight is 899 g/mol. The number of carbonyl (C=O) groups is 1. The number of ether oxygens (including phenoxy) is 2. The summed E-state index contributed by atoms with van der Waals surface area (Å²) in [7, 11) is 1.67. The summed E-state index contributed by atoms with van der Waals surface area (Å²) in [5.74, 6) is -0.317. The standard InChI is InChI=1S/C53H104NO7P/c1-6-8-10-12-14-16-18-20-22-24-25-26-27-28-29-31-33-35-37-39-41-43-45-48-58-50-52(51-60-62(56,57)59-49-47-54(3,4)5)61-53(55)46-44-42-40-38-36-34-32-30-23-21-19-17-15-13-11-9-7-2/h15,17,21,23,52H,6-14,16,18-20,22,24-51H2,1-5H3/p+1/b17-15-,23-21-. The van der Waals surface area contributed by atoms with Gasteiger partial charge in [0.05, 0.1) is 34.4 Å². The molecule has 0 saturated heterocycles. The van der Waals surface area contributed by atoms with Crippen molar-refractivity contribution in [1.82, 2.24) is 0 Å². The molecule has 8 nitrogen and oxygen atoms in total. The van der Waals surface area contributed by atoms with Crippen molar-refractivity contribution >= 4 is 13.8 Å². The Labute approximate surface area is 385 Å². The SMILES string of the molecule is CCCCC/C=C\C/C=C\CCCCCCCCCC(=O)OC(COCCCCCCCCCCCCCCCCCCCCCCCCC)COP(=O)(O)OCC[N+](C)(C)C. The number of unbranched alkanes of at least 4 members (excludes halogenated alkanes) is 32. The maximum Gasteiger partial charge on any atom is 0.472 e. The topological polar surface area (TPSA) is 91.3 Å². The minimum Gasteiger partial charge on any atom is -0.457 e. The maximum absolute atomic E-state index is 12.8. The first-order valence-electron chi connectivity index (χ1n) is 26.6. The summed E-state index contributed by atoms with van der Waals surface area (Å²) in [6.45, 7) is 5.64. The first kappa shape index (κ1) is 61.0. The fourth-order valence-corrected chi connectivity index (χ4v) is 8.39. The zero-order valence-electron chi connectivity index (χ0n) is 41.9. The van der Waals surface area contributed by atoms with Gasteiger partial charge in [0.2, 0.25) is 0 Å². The molecule has 368 valence electrons. The van der Waals surface area contributed by atoms with Crippen molar-refractivity contribution in [3.63, 3.8) is 0 Å². The molecular formula is C53H105NO7P+. The quantitative estimate of drug-likeness (QED) is 0.0214. The van der Waals surface area contributed by atoms with E-state index in [1.54, 1.807) is 0 Å². The minimum absolute atomic E-state index is 0.0892. The molecule has 62 heavy (non-hydrogen) atoms. The lowest BCUT2D eigenvalue weighted by molar-refractivity contribution is -0.870. The number of likely N-dealkylation sites (N-methyl/N-ethyl adjacent to an activating group) is 1. The lowest BCUT2D eigenvalue weighted by Crippen LogP contribution is -2.37. The molecule has 0 aromatic carbocycles. The number of quaternary nitrogens is 1. The summed E-state index contributed by atoms with van der Waals surface area (Å²) in [6, 6.07) is 0. The summed E-state index contributed by atoms with van der Waals surface area (Å²) < 4.78 is 35.2. The number of rotatable bonds is 50. The number of hydrogen-bond acceptors (Lipinski definition) is 6. The van der Waals surface area contributed by atoms with Gasteiger partial charge in [-0.05, 0) is 44.9 Å². The maximum atomic E-state index is 12.8.